The number of alkyl halides is 3. The molecular formula is C8H13F3O. The van der Waals surface area contributed by atoms with Gasteiger partial charge in [-0.25, -0.2) is 0 Å². The van der Waals surface area contributed by atoms with Crippen LogP contribution in [-0.2, 0) is 0 Å². The Morgan fingerprint density at radius 3 is 2.17 bits per heavy atom. The van der Waals surface area contributed by atoms with Crippen LogP contribution in [0, 0.1) is 5.92 Å². The highest BCUT2D eigenvalue weighted by Gasteiger charge is 2.39. The minimum absolute atomic E-state index is 0.0848. The predicted octanol–water partition coefficient (Wildman–Crippen LogP) is 2.49. The average Bonchev–Trinajstić information content (AvgIpc) is 2.37. The highest BCUT2D eigenvalue weighted by Crippen LogP contribution is 2.33. The second-order valence-corrected chi connectivity index (χ2v) is 3.44. The first-order valence-electron chi connectivity index (χ1n) is 4.25. The molecule has 1 nitrogen and oxygen atoms in total. The molecule has 0 amide bonds. The molecule has 1 fully saturated rings. The van der Waals surface area contributed by atoms with Crippen LogP contribution >= 0.6 is 0 Å². The molecule has 0 aromatic carbocycles. The van der Waals surface area contributed by atoms with Crippen LogP contribution < -0.4 is 0 Å². The van der Waals surface area contributed by atoms with Crippen molar-refractivity contribution >= 4 is 0 Å². The Morgan fingerprint density at radius 1 is 1.25 bits per heavy atom. The zero-order chi connectivity index (χ0) is 9.19. The smallest absolute Gasteiger partial charge is 0.384 e. The van der Waals surface area contributed by atoms with Crippen molar-refractivity contribution in [3.63, 3.8) is 0 Å². The van der Waals surface area contributed by atoms with Crippen molar-refractivity contribution in [3.8, 4) is 0 Å². The number of aliphatic hydroxyl groups is 1. The molecule has 0 aliphatic heterocycles. The van der Waals surface area contributed by atoms with E-state index in [2.05, 4.69) is 0 Å². The Kier molecular flexibility index (Phi) is 2.99. The zero-order valence-corrected chi connectivity index (χ0v) is 6.77. The lowest BCUT2D eigenvalue weighted by molar-refractivity contribution is -0.208. The first-order valence-corrected chi connectivity index (χ1v) is 4.25. The molecule has 12 heavy (non-hydrogen) atoms. The van der Waals surface area contributed by atoms with E-state index in [9.17, 15) is 13.2 Å². The van der Waals surface area contributed by atoms with Crippen LogP contribution in [0.25, 0.3) is 0 Å². The van der Waals surface area contributed by atoms with Crippen molar-refractivity contribution in [1.29, 1.82) is 0 Å². The fourth-order valence-corrected chi connectivity index (χ4v) is 1.70. The highest BCUT2D eigenvalue weighted by atomic mass is 19.4. The minimum Gasteiger partial charge on any atom is -0.384 e. The molecule has 0 saturated heterocycles. The number of hydrogen-bond acceptors (Lipinski definition) is 1. The molecule has 4 heteroatoms. The van der Waals surface area contributed by atoms with Gasteiger partial charge in [0, 0.05) is 0 Å². The summed E-state index contributed by atoms with van der Waals surface area (Å²) in [6.45, 7) is 0. The van der Waals surface area contributed by atoms with E-state index < -0.39 is 12.3 Å². The highest BCUT2D eigenvalue weighted by molar-refractivity contribution is 4.74. The maximum absolute atomic E-state index is 11.9. The van der Waals surface area contributed by atoms with E-state index in [1.54, 1.807) is 0 Å². The molecule has 0 aromatic heterocycles. The molecule has 1 saturated carbocycles. The van der Waals surface area contributed by atoms with Crippen LogP contribution in [0.15, 0.2) is 0 Å². The summed E-state index contributed by atoms with van der Waals surface area (Å²) < 4.78 is 35.6. The second-order valence-electron chi connectivity index (χ2n) is 3.44. The van der Waals surface area contributed by atoms with Gasteiger partial charge in [-0.05, 0) is 12.3 Å². The molecule has 1 aliphatic carbocycles. The van der Waals surface area contributed by atoms with Crippen LogP contribution in [0.5, 0.6) is 0 Å². The van der Waals surface area contributed by atoms with E-state index in [4.69, 9.17) is 5.11 Å². The summed E-state index contributed by atoms with van der Waals surface area (Å²) in [5.74, 6) is 0.0848. The van der Waals surface area contributed by atoms with Gasteiger partial charge in [0.1, 0.15) is 6.10 Å². The van der Waals surface area contributed by atoms with Crippen LogP contribution in [-0.4, -0.2) is 17.4 Å². The van der Waals surface area contributed by atoms with Crippen molar-refractivity contribution < 1.29 is 18.3 Å². The largest absolute Gasteiger partial charge is 0.414 e. The van der Waals surface area contributed by atoms with E-state index in [0.29, 0.717) is 0 Å². The van der Waals surface area contributed by atoms with Gasteiger partial charge in [-0.3, -0.25) is 0 Å². The lowest BCUT2D eigenvalue weighted by atomic mass is 10.00. The summed E-state index contributed by atoms with van der Waals surface area (Å²) >= 11 is 0. The normalized spacial score (nSPS) is 23.0. The lowest BCUT2D eigenvalue weighted by Crippen LogP contribution is -2.30. The summed E-state index contributed by atoms with van der Waals surface area (Å²) in [5, 5.41) is 8.72. The van der Waals surface area contributed by atoms with Crippen LogP contribution in [0.1, 0.15) is 32.1 Å². The summed E-state index contributed by atoms with van der Waals surface area (Å²) in [5.41, 5.74) is 0. The first-order chi connectivity index (χ1) is 5.50. The lowest BCUT2D eigenvalue weighted by Gasteiger charge is -2.17. The quantitative estimate of drug-likeness (QED) is 0.695. The molecule has 1 unspecified atom stereocenters. The SMILES string of the molecule is OC(CC1CCCC1)C(F)(F)F. The van der Waals surface area contributed by atoms with Gasteiger partial charge >= 0.3 is 6.18 Å². The topological polar surface area (TPSA) is 20.2 Å². The third kappa shape index (κ3) is 2.66. The van der Waals surface area contributed by atoms with Crippen molar-refractivity contribution in [3.05, 3.63) is 0 Å². The van der Waals surface area contributed by atoms with Crippen molar-refractivity contribution in [2.75, 3.05) is 0 Å². The van der Waals surface area contributed by atoms with E-state index in [1.165, 1.54) is 0 Å². The third-order valence-electron chi connectivity index (χ3n) is 2.41. The maximum atomic E-state index is 11.9. The monoisotopic (exact) mass is 182 g/mol. The van der Waals surface area contributed by atoms with Crippen LogP contribution in [0.3, 0.4) is 0 Å². The van der Waals surface area contributed by atoms with Gasteiger partial charge in [0.2, 0.25) is 0 Å². The standard InChI is InChI=1S/C8H13F3O/c9-8(10,11)7(12)5-6-3-1-2-4-6/h6-7,12H,1-5H2. The predicted molar refractivity (Wildman–Crippen MR) is 38.6 cm³/mol. The third-order valence-corrected chi connectivity index (χ3v) is 2.41. The molecule has 0 bridgehead atoms. The molecular weight excluding hydrogens is 169 g/mol. The van der Waals surface area contributed by atoms with Crippen LogP contribution in [0.2, 0.25) is 0 Å². The Bertz CT molecular complexity index is 138. The molecule has 72 valence electrons. The Morgan fingerprint density at radius 2 is 1.75 bits per heavy atom. The Hall–Kier alpha value is -0.250. The number of hydrogen-bond donors (Lipinski definition) is 1. The summed E-state index contributed by atoms with van der Waals surface area (Å²) in [6.07, 6.45) is -2.95. The van der Waals surface area contributed by atoms with E-state index in [-0.39, 0.29) is 12.3 Å². The van der Waals surface area contributed by atoms with Gasteiger partial charge in [-0.15, -0.1) is 0 Å². The first kappa shape index (κ1) is 9.84. The summed E-state index contributed by atoms with van der Waals surface area (Å²) in [7, 11) is 0. The van der Waals surface area contributed by atoms with Crippen molar-refractivity contribution in [1.82, 2.24) is 0 Å². The van der Waals surface area contributed by atoms with E-state index in [1.807, 2.05) is 0 Å². The van der Waals surface area contributed by atoms with Crippen molar-refractivity contribution in [2.24, 2.45) is 5.92 Å². The summed E-state index contributed by atoms with van der Waals surface area (Å²) in [6, 6.07) is 0. The van der Waals surface area contributed by atoms with Gasteiger partial charge in [-0.2, -0.15) is 13.2 Å². The molecule has 1 rings (SSSR count). The number of halogens is 3. The molecule has 1 atom stereocenters. The Labute approximate surface area is 69.6 Å². The van der Waals surface area contributed by atoms with Gasteiger partial charge in [0.25, 0.3) is 0 Å². The van der Waals surface area contributed by atoms with Crippen LogP contribution in [0.4, 0.5) is 13.2 Å². The fraction of sp³-hybridized carbons (Fsp3) is 1.00. The minimum atomic E-state index is -4.43. The maximum Gasteiger partial charge on any atom is 0.414 e. The van der Waals surface area contributed by atoms with E-state index >= 15 is 0 Å². The second kappa shape index (κ2) is 3.64. The zero-order valence-electron chi connectivity index (χ0n) is 6.77. The average molecular weight is 182 g/mol. The molecule has 1 N–H and O–H groups in total. The molecule has 0 aromatic rings. The van der Waals surface area contributed by atoms with Crippen molar-refractivity contribution in [2.45, 2.75) is 44.4 Å². The number of aliphatic hydroxyl groups excluding tert-OH is 1. The van der Waals surface area contributed by atoms with Gasteiger partial charge < -0.3 is 5.11 Å². The van der Waals surface area contributed by atoms with Gasteiger partial charge in [0.05, 0.1) is 0 Å². The van der Waals surface area contributed by atoms with Gasteiger partial charge in [-0.1, -0.05) is 25.7 Å². The molecule has 0 heterocycles. The molecule has 0 radical (unpaired) electrons. The fourth-order valence-electron chi connectivity index (χ4n) is 1.70. The Balaban J connectivity index is 2.30. The number of rotatable bonds is 2. The molecule has 1 aliphatic rings. The molecule has 0 spiro atoms. The van der Waals surface area contributed by atoms with E-state index in [0.717, 1.165) is 25.7 Å². The van der Waals surface area contributed by atoms with Gasteiger partial charge in [0.15, 0.2) is 0 Å². The summed E-state index contributed by atoms with van der Waals surface area (Å²) in [4.78, 5) is 0.